The number of halogens is 1. The van der Waals surface area contributed by atoms with Crippen LogP contribution in [0.1, 0.15) is 11.4 Å². The van der Waals surface area contributed by atoms with Gasteiger partial charge >= 0.3 is 5.88 Å². The van der Waals surface area contributed by atoms with Gasteiger partial charge in [-0.3, -0.25) is 0 Å². The van der Waals surface area contributed by atoms with E-state index in [1.807, 2.05) is 41.8 Å². The van der Waals surface area contributed by atoms with Crippen molar-refractivity contribution >= 4 is 26.7 Å². The SMILES string of the molecule is COc1cc2cc(O)[n+](Cc3cccc(Br)n3)c(C)c2cc1OC. The first-order valence-electron chi connectivity index (χ1n) is 7.43. The van der Waals surface area contributed by atoms with E-state index in [9.17, 15) is 5.11 Å². The van der Waals surface area contributed by atoms with Crippen molar-refractivity contribution in [3.8, 4) is 17.4 Å². The quantitative estimate of drug-likeness (QED) is 0.548. The lowest BCUT2D eigenvalue weighted by molar-refractivity contribution is -0.699. The van der Waals surface area contributed by atoms with Crippen molar-refractivity contribution in [1.82, 2.24) is 4.98 Å². The van der Waals surface area contributed by atoms with Crippen LogP contribution in [0.3, 0.4) is 0 Å². The van der Waals surface area contributed by atoms with Crippen LogP contribution in [0.5, 0.6) is 17.4 Å². The molecule has 2 aromatic heterocycles. The summed E-state index contributed by atoms with van der Waals surface area (Å²) in [4.78, 5) is 4.43. The van der Waals surface area contributed by atoms with E-state index in [4.69, 9.17) is 9.47 Å². The molecule has 2 heterocycles. The Kier molecular flexibility index (Phi) is 4.57. The lowest BCUT2D eigenvalue weighted by atomic mass is 10.1. The van der Waals surface area contributed by atoms with Gasteiger partial charge in [-0.25, -0.2) is 4.98 Å². The zero-order valence-corrected chi connectivity index (χ0v) is 15.3. The Labute approximate surface area is 148 Å². The van der Waals surface area contributed by atoms with Gasteiger partial charge in [0, 0.05) is 12.3 Å². The van der Waals surface area contributed by atoms with Gasteiger partial charge in [0.05, 0.1) is 25.7 Å². The molecule has 124 valence electrons. The van der Waals surface area contributed by atoms with Gasteiger partial charge in [0.2, 0.25) is 0 Å². The number of rotatable bonds is 4. The van der Waals surface area contributed by atoms with E-state index in [0.29, 0.717) is 18.0 Å². The third kappa shape index (κ3) is 3.01. The fraction of sp³-hybridized carbons (Fsp3) is 0.222. The van der Waals surface area contributed by atoms with E-state index in [2.05, 4.69) is 20.9 Å². The molecule has 0 amide bonds. The van der Waals surface area contributed by atoms with Crippen LogP contribution < -0.4 is 14.0 Å². The predicted octanol–water partition coefficient (Wildman–Crippen LogP) is 3.36. The van der Waals surface area contributed by atoms with E-state index in [-0.39, 0.29) is 5.88 Å². The van der Waals surface area contributed by atoms with Crippen LogP contribution >= 0.6 is 15.9 Å². The summed E-state index contributed by atoms with van der Waals surface area (Å²) in [5, 5.41) is 12.3. The highest BCUT2D eigenvalue weighted by molar-refractivity contribution is 9.10. The van der Waals surface area contributed by atoms with Gasteiger partial charge in [-0.1, -0.05) is 6.07 Å². The van der Waals surface area contributed by atoms with Crippen molar-refractivity contribution in [1.29, 1.82) is 0 Å². The van der Waals surface area contributed by atoms with E-state index in [0.717, 1.165) is 26.8 Å². The molecule has 0 aliphatic rings. The van der Waals surface area contributed by atoms with Gasteiger partial charge in [-0.15, -0.1) is 0 Å². The van der Waals surface area contributed by atoms with Crippen molar-refractivity contribution in [2.75, 3.05) is 14.2 Å². The minimum Gasteiger partial charge on any atom is -0.493 e. The number of benzene rings is 1. The second-order valence-electron chi connectivity index (χ2n) is 5.42. The number of fused-ring (bicyclic) bond motifs is 1. The van der Waals surface area contributed by atoms with Crippen LogP contribution in [0.2, 0.25) is 0 Å². The van der Waals surface area contributed by atoms with Crippen LogP contribution in [-0.2, 0) is 6.54 Å². The molecule has 1 aromatic carbocycles. The van der Waals surface area contributed by atoms with Crippen LogP contribution in [0.25, 0.3) is 10.8 Å². The molecule has 0 unspecified atom stereocenters. The molecule has 6 heteroatoms. The smallest absolute Gasteiger partial charge is 0.366 e. The molecule has 0 spiro atoms. The summed E-state index contributed by atoms with van der Waals surface area (Å²) in [5.41, 5.74) is 1.78. The Bertz CT molecular complexity index is 912. The highest BCUT2D eigenvalue weighted by atomic mass is 79.9. The van der Waals surface area contributed by atoms with Gasteiger partial charge in [0.25, 0.3) is 0 Å². The van der Waals surface area contributed by atoms with Gasteiger partial charge in [-0.2, -0.15) is 4.57 Å². The number of pyridine rings is 2. The summed E-state index contributed by atoms with van der Waals surface area (Å²) in [5.74, 6) is 1.47. The maximum absolute atomic E-state index is 10.5. The standard InChI is InChI=1S/C18H17BrN2O3/c1-11-14-9-16(24-3)15(23-2)7-12(14)8-18(22)21(11)10-13-5-4-6-17(19)20-13/h4-9H,10H2,1-3H3/p+1. The summed E-state index contributed by atoms with van der Waals surface area (Å²) < 4.78 is 13.3. The molecule has 24 heavy (non-hydrogen) atoms. The zero-order valence-electron chi connectivity index (χ0n) is 13.7. The zero-order chi connectivity index (χ0) is 17.3. The first-order chi connectivity index (χ1) is 11.5. The van der Waals surface area contributed by atoms with Crippen LogP contribution in [-0.4, -0.2) is 24.3 Å². The molecular formula is C18H18BrN2O3+. The second-order valence-corrected chi connectivity index (χ2v) is 6.23. The molecule has 0 saturated carbocycles. The topological polar surface area (TPSA) is 55.5 Å². The Morgan fingerprint density at radius 1 is 1.12 bits per heavy atom. The monoisotopic (exact) mass is 389 g/mol. The third-order valence-corrected chi connectivity index (χ3v) is 4.45. The molecule has 3 aromatic rings. The largest absolute Gasteiger partial charge is 0.493 e. The van der Waals surface area contributed by atoms with Crippen molar-refractivity contribution in [3.05, 3.63) is 52.4 Å². The number of hydrogen-bond acceptors (Lipinski definition) is 4. The highest BCUT2D eigenvalue weighted by Crippen LogP contribution is 2.33. The molecule has 3 rings (SSSR count). The van der Waals surface area contributed by atoms with Crippen LogP contribution in [0.4, 0.5) is 0 Å². The van der Waals surface area contributed by atoms with Crippen molar-refractivity contribution in [3.63, 3.8) is 0 Å². The van der Waals surface area contributed by atoms with Crippen molar-refractivity contribution < 1.29 is 19.1 Å². The molecule has 0 bridgehead atoms. The Hall–Kier alpha value is -2.34. The number of hydrogen-bond donors (Lipinski definition) is 1. The molecule has 0 radical (unpaired) electrons. The van der Waals surface area contributed by atoms with E-state index < -0.39 is 0 Å². The highest BCUT2D eigenvalue weighted by Gasteiger charge is 2.20. The number of methoxy groups -OCH3 is 2. The minimum absolute atomic E-state index is 0.175. The van der Waals surface area contributed by atoms with Crippen molar-refractivity contribution in [2.45, 2.75) is 13.5 Å². The number of aromatic nitrogens is 2. The van der Waals surface area contributed by atoms with Crippen LogP contribution in [0, 0.1) is 6.92 Å². The predicted molar refractivity (Wildman–Crippen MR) is 94.7 cm³/mol. The van der Waals surface area contributed by atoms with Gasteiger partial charge in [-0.05, 0) is 40.2 Å². The molecule has 0 aliphatic carbocycles. The molecule has 0 fully saturated rings. The van der Waals surface area contributed by atoms with Crippen molar-refractivity contribution in [2.24, 2.45) is 0 Å². The lowest BCUT2D eigenvalue weighted by Gasteiger charge is -2.11. The minimum atomic E-state index is 0.175. The first kappa shape index (κ1) is 16.5. The maximum atomic E-state index is 10.5. The average Bonchev–Trinajstić information content (AvgIpc) is 2.57. The summed E-state index contributed by atoms with van der Waals surface area (Å²) in [6, 6.07) is 11.2. The normalized spacial score (nSPS) is 10.8. The van der Waals surface area contributed by atoms with E-state index >= 15 is 0 Å². The number of aryl methyl sites for hydroxylation is 1. The number of ether oxygens (including phenoxy) is 2. The molecular weight excluding hydrogens is 372 g/mol. The summed E-state index contributed by atoms with van der Waals surface area (Å²) in [7, 11) is 3.21. The summed E-state index contributed by atoms with van der Waals surface area (Å²) in [6.07, 6.45) is 0. The van der Waals surface area contributed by atoms with Gasteiger partial charge in [0.15, 0.2) is 23.7 Å². The Balaban J connectivity index is 2.15. The first-order valence-corrected chi connectivity index (χ1v) is 8.22. The Morgan fingerprint density at radius 3 is 2.50 bits per heavy atom. The number of aromatic hydroxyl groups is 1. The molecule has 1 N–H and O–H groups in total. The Morgan fingerprint density at radius 2 is 1.83 bits per heavy atom. The number of nitrogens with zero attached hydrogens (tertiary/aromatic N) is 2. The fourth-order valence-electron chi connectivity index (χ4n) is 2.76. The second kappa shape index (κ2) is 6.65. The summed E-state index contributed by atoms with van der Waals surface area (Å²) in [6.45, 7) is 2.44. The third-order valence-electron chi connectivity index (χ3n) is 4.00. The van der Waals surface area contributed by atoms with Gasteiger partial charge in [0.1, 0.15) is 10.3 Å². The lowest BCUT2D eigenvalue weighted by Crippen LogP contribution is -2.38. The molecule has 0 saturated heterocycles. The molecule has 5 nitrogen and oxygen atoms in total. The van der Waals surface area contributed by atoms with E-state index in [1.54, 1.807) is 20.3 Å². The van der Waals surface area contributed by atoms with Crippen LogP contribution in [0.15, 0.2) is 41.0 Å². The van der Waals surface area contributed by atoms with Gasteiger partial charge < -0.3 is 14.6 Å². The average molecular weight is 390 g/mol. The molecule has 0 atom stereocenters. The molecule has 0 aliphatic heterocycles. The fourth-order valence-corrected chi connectivity index (χ4v) is 3.14. The van der Waals surface area contributed by atoms with E-state index in [1.165, 1.54) is 0 Å². The maximum Gasteiger partial charge on any atom is 0.366 e. The summed E-state index contributed by atoms with van der Waals surface area (Å²) >= 11 is 3.37.